The minimum atomic E-state index is 1.15. The quantitative estimate of drug-likeness (QED) is 0.108. The third-order valence-corrected chi connectivity index (χ3v) is 23.2. The maximum atomic E-state index is 2.41. The standard InChI is InChI=1S/2C56H37N/c1-3-14-38(15-4-1)43-18-13-19-44(36-43)39-26-28-40(29-27-39)45-32-35-54-52(37-45)47-20-11-12-25-53(47)57(54)46-33-30-42(31-34-46)56-50-23-9-7-21-48(50)55(41-16-5-2-6-17-41)49-22-8-10-24-51(49)56;1-3-15-39(16-4-1)45-19-7-8-20-46(45)40-29-27-38(28-30-40)43-33-36-54-52(37-43)47-21-13-14-26-53(47)57(54)44-34-31-42(32-35-44)56-50-24-11-9-22-48(50)55(41-17-5-2-6-18-41)49-23-10-12-25-51(49)56/h2*1-37H. The average molecular weight is 1450 g/mol. The molecule has 0 unspecified atom stereocenters. The van der Waals surface area contributed by atoms with Gasteiger partial charge in [-0.15, -0.1) is 0 Å². The van der Waals surface area contributed by atoms with Crippen LogP contribution in [0.25, 0.3) is 209 Å². The molecule has 20 aromatic carbocycles. The normalized spacial score (nSPS) is 11.5. The fourth-order valence-electron chi connectivity index (χ4n) is 17.9. The Labute approximate surface area is 662 Å². The molecule has 22 rings (SSSR count). The number of fused-ring (bicyclic) bond motifs is 10. The van der Waals surface area contributed by atoms with Crippen LogP contribution in [0.1, 0.15) is 0 Å². The maximum absolute atomic E-state index is 2.41. The molecule has 0 spiro atoms. The van der Waals surface area contributed by atoms with Gasteiger partial charge in [-0.25, -0.2) is 0 Å². The van der Waals surface area contributed by atoms with Crippen molar-refractivity contribution in [3.63, 3.8) is 0 Å². The summed E-state index contributed by atoms with van der Waals surface area (Å²) in [7, 11) is 0. The molecule has 0 radical (unpaired) electrons. The van der Waals surface area contributed by atoms with E-state index in [1.54, 1.807) is 0 Å². The van der Waals surface area contributed by atoms with Crippen molar-refractivity contribution in [1.82, 2.24) is 9.13 Å². The van der Waals surface area contributed by atoms with Gasteiger partial charge in [-0.05, 0) is 221 Å². The van der Waals surface area contributed by atoms with Gasteiger partial charge in [-0.2, -0.15) is 0 Å². The Hall–Kier alpha value is -15.0. The molecule has 0 atom stereocenters. The van der Waals surface area contributed by atoms with Crippen LogP contribution in [0.4, 0.5) is 0 Å². The molecule has 532 valence electrons. The van der Waals surface area contributed by atoms with Gasteiger partial charge in [-0.3, -0.25) is 0 Å². The first kappa shape index (κ1) is 67.2. The van der Waals surface area contributed by atoms with Crippen molar-refractivity contribution in [1.29, 1.82) is 0 Å². The number of para-hydroxylation sites is 2. The Balaban J connectivity index is 0.000000143. The summed E-state index contributed by atoms with van der Waals surface area (Å²) < 4.78 is 4.83. The fourth-order valence-corrected chi connectivity index (χ4v) is 17.9. The van der Waals surface area contributed by atoms with E-state index in [0.29, 0.717) is 0 Å². The molecule has 0 fully saturated rings. The largest absolute Gasteiger partial charge is 0.309 e. The predicted octanol–water partition coefficient (Wildman–Crippen LogP) is 30.9. The van der Waals surface area contributed by atoms with E-state index in [-0.39, 0.29) is 0 Å². The maximum Gasteiger partial charge on any atom is 0.0541 e. The van der Waals surface area contributed by atoms with E-state index >= 15 is 0 Å². The van der Waals surface area contributed by atoms with Crippen LogP contribution in [0.15, 0.2) is 449 Å². The molecule has 0 bridgehead atoms. The van der Waals surface area contributed by atoms with Crippen LogP contribution in [0.2, 0.25) is 0 Å². The van der Waals surface area contributed by atoms with Gasteiger partial charge in [0.15, 0.2) is 0 Å². The Bertz CT molecular complexity index is 7270. The van der Waals surface area contributed by atoms with Crippen molar-refractivity contribution in [2.24, 2.45) is 0 Å². The Morgan fingerprint density at radius 1 is 0.114 bits per heavy atom. The Morgan fingerprint density at radius 3 is 0.667 bits per heavy atom. The molecule has 2 heterocycles. The van der Waals surface area contributed by atoms with Crippen LogP contribution in [0.5, 0.6) is 0 Å². The smallest absolute Gasteiger partial charge is 0.0541 e. The summed E-state index contributed by atoms with van der Waals surface area (Å²) in [6.45, 7) is 0. The summed E-state index contributed by atoms with van der Waals surface area (Å²) in [5.41, 5.74) is 31.8. The Kier molecular flexibility index (Phi) is 17.0. The van der Waals surface area contributed by atoms with Gasteiger partial charge in [0.1, 0.15) is 0 Å². The molecule has 114 heavy (non-hydrogen) atoms. The fraction of sp³-hybridized carbons (Fsp3) is 0. The zero-order valence-corrected chi connectivity index (χ0v) is 62.6. The van der Waals surface area contributed by atoms with Crippen LogP contribution >= 0.6 is 0 Å². The summed E-state index contributed by atoms with van der Waals surface area (Å²) in [6.07, 6.45) is 0. The van der Waals surface area contributed by atoms with Crippen LogP contribution in [-0.4, -0.2) is 9.13 Å². The van der Waals surface area contributed by atoms with Crippen molar-refractivity contribution in [3.8, 4) is 123 Å². The van der Waals surface area contributed by atoms with Gasteiger partial charge in [-0.1, -0.05) is 382 Å². The number of nitrogens with zero attached hydrogens (tertiary/aromatic N) is 2. The van der Waals surface area contributed by atoms with E-state index in [1.165, 1.54) is 198 Å². The zero-order chi connectivity index (χ0) is 75.4. The first-order valence-electron chi connectivity index (χ1n) is 39.4. The minimum Gasteiger partial charge on any atom is -0.309 e. The molecule has 0 amide bonds. The lowest BCUT2D eigenvalue weighted by molar-refractivity contribution is 1.18. The van der Waals surface area contributed by atoms with Crippen LogP contribution in [0.3, 0.4) is 0 Å². The topological polar surface area (TPSA) is 9.86 Å². The highest BCUT2D eigenvalue weighted by atomic mass is 15.0. The van der Waals surface area contributed by atoms with Crippen molar-refractivity contribution in [2.75, 3.05) is 0 Å². The number of benzene rings is 20. The summed E-state index contributed by atoms with van der Waals surface area (Å²) in [4.78, 5) is 0. The highest BCUT2D eigenvalue weighted by Gasteiger charge is 2.22. The molecular formula is C112H74N2. The van der Waals surface area contributed by atoms with Gasteiger partial charge in [0.25, 0.3) is 0 Å². The first-order valence-corrected chi connectivity index (χ1v) is 39.4. The highest BCUT2D eigenvalue weighted by Crippen LogP contribution is 2.48. The van der Waals surface area contributed by atoms with Gasteiger partial charge < -0.3 is 9.13 Å². The van der Waals surface area contributed by atoms with Crippen LogP contribution in [0, 0.1) is 0 Å². The summed E-state index contributed by atoms with van der Waals surface area (Å²) in [5, 5.41) is 15.1. The molecular weight excluding hydrogens is 1370 g/mol. The molecule has 0 aliphatic rings. The predicted molar refractivity (Wildman–Crippen MR) is 486 cm³/mol. The Morgan fingerprint density at radius 2 is 0.325 bits per heavy atom. The molecule has 0 saturated heterocycles. The third-order valence-electron chi connectivity index (χ3n) is 23.2. The second kappa shape index (κ2) is 28.8. The highest BCUT2D eigenvalue weighted by molar-refractivity contribution is 6.23. The monoisotopic (exact) mass is 1450 g/mol. The van der Waals surface area contributed by atoms with E-state index in [9.17, 15) is 0 Å². The number of hydrogen-bond donors (Lipinski definition) is 0. The molecule has 0 N–H and O–H groups in total. The van der Waals surface area contributed by atoms with Gasteiger partial charge in [0.05, 0.1) is 22.1 Å². The third kappa shape index (κ3) is 11.9. The molecule has 2 nitrogen and oxygen atoms in total. The van der Waals surface area contributed by atoms with E-state index in [1.807, 2.05) is 0 Å². The van der Waals surface area contributed by atoms with Gasteiger partial charge in [0.2, 0.25) is 0 Å². The molecule has 0 aliphatic carbocycles. The van der Waals surface area contributed by atoms with E-state index in [0.717, 1.165) is 11.4 Å². The molecule has 2 heteroatoms. The average Bonchev–Trinajstić information content (AvgIpc) is 0.944. The second-order valence-corrected chi connectivity index (χ2v) is 29.7. The lowest BCUT2D eigenvalue weighted by atomic mass is 9.86. The van der Waals surface area contributed by atoms with Gasteiger partial charge in [0, 0.05) is 32.9 Å². The van der Waals surface area contributed by atoms with Crippen molar-refractivity contribution in [2.45, 2.75) is 0 Å². The van der Waals surface area contributed by atoms with Crippen LogP contribution < -0.4 is 0 Å². The SMILES string of the molecule is c1ccc(-c2cccc(-c3ccc(-c4ccc5c(c4)c4ccccc4n5-c4ccc(-c5c6ccccc6c(-c6ccccc6)c6ccccc56)cc4)cc3)c2)cc1.c1ccc(-c2ccccc2-c2ccc(-c3ccc4c(c3)c3ccccc3n4-c3ccc(-c4c5ccccc5c(-c5ccccc5)c5ccccc45)cc3)cc2)cc1. The molecule has 22 aromatic rings. The number of aromatic nitrogens is 2. The summed E-state index contributed by atoms with van der Waals surface area (Å²) >= 11 is 0. The lowest BCUT2D eigenvalue weighted by Gasteiger charge is -2.18. The second-order valence-electron chi connectivity index (χ2n) is 29.7. The lowest BCUT2D eigenvalue weighted by Crippen LogP contribution is -1.94. The van der Waals surface area contributed by atoms with Gasteiger partial charge >= 0.3 is 0 Å². The molecule has 2 aromatic heterocycles. The summed E-state index contributed by atoms with van der Waals surface area (Å²) in [5.74, 6) is 0. The molecule has 0 aliphatic heterocycles. The van der Waals surface area contributed by atoms with E-state index < -0.39 is 0 Å². The first-order chi connectivity index (χ1) is 56.6. The number of rotatable bonds is 12. The van der Waals surface area contributed by atoms with E-state index in [4.69, 9.17) is 0 Å². The minimum absolute atomic E-state index is 1.15. The van der Waals surface area contributed by atoms with Crippen molar-refractivity contribution in [3.05, 3.63) is 449 Å². The van der Waals surface area contributed by atoms with Crippen molar-refractivity contribution >= 4 is 86.7 Å². The van der Waals surface area contributed by atoms with Crippen molar-refractivity contribution < 1.29 is 0 Å². The number of hydrogen-bond acceptors (Lipinski definition) is 0. The van der Waals surface area contributed by atoms with E-state index in [2.05, 4.69) is 458 Å². The molecule has 0 saturated carbocycles. The zero-order valence-electron chi connectivity index (χ0n) is 62.6. The summed E-state index contributed by atoms with van der Waals surface area (Å²) in [6, 6.07) is 164. The van der Waals surface area contributed by atoms with Crippen LogP contribution in [-0.2, 0) is 0 Å².